The van der Waals surface area contributed by atoms with Gasteiger partial charge < -0.3 is 10.5 Å². The highest BCUT2D eigenvalue weighted by Crippen LogP contribution is 2.21. The number of hydrogen-bond acceptors (Lipinski definition) is 3. The summed E-state index contributed by atoms with van der Waals surface area (Å²) in [6.45, 7) is 4.02. The Balaban J connectivity index is 2.76. The summed E-state index contributed by atoms with van der Waals surface area (Å²) in [5.41, 5.74) is 8.00. The van der Waals surface area contributed by atoms with Crippen LogP contribution < -0.4 is 5.73 Å². The summed E-state index contributed by atoms with van der Waals surface area (Å²) in [5.74, 6) is 0. The van der Waals surface area contributed by atoms with E-state index in [0.29, 0.717) is 11.4 Å². The van der Waals surface area contributed by atoms with Crippen LogP contribution in [-0.4, -0.2) is 29.0 Å². The van der Waals surface area contributed by atoms with Crippen molar-refractivity contribution in [3.05, 3.63) is 16.4 Å². The number of rotatable bonds is 6. The van der Waals surface area contributed by atoms with E-state index in [1.807, 2.05) is 14.0 Å². The zero-order valence-corrected chi connectivity index (χ0v) is 11.8. The third kappa shape index (κ3) is 3.44. The lowest BCUT2D eigenvalue weighted by Gasteiger charge is -2.22. The average Bonchev–Trinajstić information content (AvgIpc) is 2.52. The molecule has 0 saturated heterocycles. The second-order valence-corrected chi connectivity index (χ2v) is 4.78. The Labute approximate surface area is 108 Å². The highest BCUT2D eigenvalue weighted by Gasteiger charge is 2.21. The largest absolute Gasteiger partial charge is 0.380 e. The van der Waals surface area contributed by atoms with Crippen LogP contribution in [0, 0.1) is 6.92 Å². The van der Waals surface area contributed by atoms with E-state index in [2.05, 4.69) is 12.0 Å². The number of ether oxygens (including phenoxy) is 1. The third-order valence-electron chi connectivity index (χ3n) is 3.04. The lowest BCUT2D eigenvalue weighted by atomic mass is 10.0. The molecule has 0 aliphatic heterocycles. The van der Waals surface area contributed by atoms with Crippen molar-refractivity contribution in [1.29, 1.82) is 0 Å². The maximum absolute atomic E-state index is 6.20. The second-order valence-electron chi connectivity index (χ2n) is 4.40. The fraction of sp³-hybridized carbons (Fsp3) is 0.750. The van der Waals surface area contributed by atoms with Gasteiger partial charge in [0.15, 0.2) is 0 Å². The van der Waals surface area contributed by atoms with Gasteiger partial charge in [-0.25, -0.2) is 0 Å². The first-order chi connectivity index (χ1) is 8.01. The number of nitrogens with zero attached hydrogens (tertiary/aromatic N) is 2. The highest BCUT2D eigenvalue weighted by molar-refractivity contribution is 6.31. The van der Waals surface area contributed by atoms with E-state index in [9.17, 15) is 0 Å². The molecule has 2 atom stereocenters. The number of hydrogen-bond donors (Lipinski definition) is 1. The van der Waals surface area contributed by atoms with E-state index in [0.717, 1.165) is 24.2 Å². The van der Waals surface area contributed by atoms with E-state index >= 15 is 0 Å². The third-order valence-corrected chi connectivity index (χ3v) is 3.54. The van der Waals surface area contributed by atoms with Gasteiger partial charge in [0, 0.05) is 26.6 Å². The van der Waals surface area contributed by atoms with Gasteiger partial charge in [-0.2, -0.15) is 5.10 Å². The monoisotopic (exact) mass is 259 g/mol. The molecule has 2 N–H and O–H groups in total. The van der Waals surface area contributed by atoms with Gasteiger partial charge in [-0.1, -0.05) is 24.9 Å². The first kappa shape index (κ1) is 14.5. The molecular formula is C12H22ClN3O. The van der Waals surface area contributed by atoms with Crippen molar-refractivity contribution < 1.29 is 4.74 Å². The smallest absolute Gasteiger partial charge is 0.0847 e. The minimum absolute atomic E-state index is 0.0488. The van der Waals surface area contributed by atoms with Crippen molar-refractivity contribution in [3.8, 4) is 0 Å². The van der Waals surface area contributed by atoms with Crippen molar-refractivity contribution in [2.24, 2.45) is 12.8 Å². The number of nitrogens with two attached hydrogens (primary N) is 1. The molecule has 4 nitrogen and oxygen atoms in total. The lowest BCUT2D eigenvalue weighted by Crippen LogP contribution is -2.38. The van der Waals surface area contributed by atoms with E-state index in [1.165, 1.54) is 0 Å². The van der Waals surface area contributed by atoms with E-state index in [4.69, 9.17) is 22.1 Å². The summed E-state index contributed by atoms with van der Waals surface area (Å²) in [4.78, 5) is 0. The van der Waals surface area contributed by atoms with E-state index in [1.54, 1.807) is 11.8 Å². The van der Waals surface area contributed by atoms with Gasteiger partial charge >= 0.3 is 0 Å². The zero-order chi connectivity index (χ0) is 13.0. The number of halogens is 1. The van der Waals surface area contributed by atoms with Crippen molar-refractivity contribution in [3.63, 3.8) is 0 Å². The molecule has 0 fully saturated rings. The maximum atomic E-state index is 6.20. The fourth-order valence-corrected chi connectivity index (χ4v) is 2.29. The van der Waals surface area contributed by atoms with Gasteiger partial charge in [-0.05, 0) is 13.3 Å². The van der Waals surface area contributed by atoms with Crippen LogP contribution in [0.3, 0.4) is 0 Å². The fourth-order valence-electron chi connectivity index (χ4n) is 2.05. The molecular weight excluding hydrogens is 238 g/mol. The molecule has 1 heterocycles. The molecule has 0 radical (unpaired) electrons. The first-order valence-corrected chi connectivity index (χ1v) is 6.35. The van der Waals surface area contributed by atoms with Gasteiger partial charge in [0.1, 0.15) is 0 Å². The molecule has 1 rings (SSSR count). The van der Waals surface area contributed by atoms with Crippen LogP contribution in [-0.2, 0) is 18.2 Å². The quantitative estimate of drug-likeness (QED) is 0.851. The molecule has 0 aromatic carbocycles. The van der Waals surface area contributed by atoms with Gasteiger partial charge in [-0.15, -0.1) is 0 Å². The summed E-state index contributed by atoms with van der Waals surface area (Å²) in [7, 11) is 3.60. The van der Waals surface area contributed by atoms with Crippen molar-refractivity contribution in [2.45, 2.75) is 45.3 Å². The summed E-state index contributed by atoms with van der Waals surface area (Å²) in [5, 5.41) is 5.00. The Bertz CT molecular complexity index is 365. The second kappa shape index (κ2) is 6.38. The molecule has 2 unspecified atom stereocenters. The van der Waals surface area contributed by atoms with Crippen LogP contribution in [0.25, 0.3) is 0 Å². The lowest BCUT2D eigenvalue weighted by molar-refractivity contribution is 0.0722. The van der Waals surface area contributed by atoms with Crippen molar-refractivity contribution >= 4 is 11.6 Å². The van der Waals surface area contributed by atoms with Crippen LogP contribution in [0.1, 0.15) is 31.2 Å². The summed E-state index contributed by atoms with van der Waals surface area (Å²) in [6, 6.07) is -0.0488. The molecule has 0 aliphatic carbocycles. The zero-order valence-electron chi connectivity index (χ0n) is 11.0. The van der Waals surface area contributed by atoms with E-state index in [-0.39, 0.29) is 12.1 Å². The summed E-state index contributed by atoms with van der Waals surface area (Å²) < 4.78 is 7.22. The molecule has 0 spiro atoms. The minimum Gasteiger partial charge on any atom is -0.380 e. The van der Waals surface area contributed by atoms with Gasteiger partial charge in [0.2, 0.25) is 0 Å². The first-order valence-electron chi connectivity index (χ1n) is 5.97. The van der Waals surface area contributed by atoms with Gasteiger partial charge in [0.05, 0.1) is 22.5 Å². The molecule has 17 heavy (non-hydrogen) atoms. The standard InChI is InChI=1S/C12H22ClN3O/c1-5-6-11(17-4)9(14)7-10-12(13)8(2)15-16(10)3/h9,11H,5-7,14H2,1-4H3. The SMILES string of the molecule is CCCC(OC)C(N)Cc1c(Cl)c(C)nn1C. The minimum atomic E-state index is -0.0488. The predicted octanol–water partition coefficient (Wildman–Crippen LogP) is 2.07. The van der Waals surface area contributed by atoms with Gasteiger partial charge in [-0.3, -0.25) is 4.68 Å². The Kier molecular flexibility index (Phi) is 5.43. The van der Waals surface area contributed by atoms with Crippen LogP contribution in [0.15, 0.2) is 0 Å². The topological polar surface area (TPSA) is 53.1 Å². The Hall–Kier alpha value is -0.580. The van der Waals surface area contributed by atoms with Crippen molar-refractivity contribution in [2.75, 3.05) is 7.11 Å². The van der Waals surface area contributed by atoms with Crippen LogP contribution >= 0.6 is 11.6 Å². The van der Waals surface area contributed by atoms with Crippen LogP contribution in [0.5, 0.6) is 0 Å². The molecule has 0 amide bonds. The normalized spacial score (nSPS) is 14.9. The Morgan fingerprint density at radius 3 is 2.59 bits per heavy atom. The molecule has 0 aliphatic rings. The molecule has 1 aromatic heterocycles. The Morgan fingerprint density at radius 1 is 1.53 bits per heavy atom. The van der Waals surface area contributed by atoms with Crippen molar-refractivity contribution in [1.82, 2.24) is 9.78 Å². The molecule has 0 bridgehead atoms. The predicted molar refractivity (Wildman–Crippen MR) is 70.3 cm³/mol. The molecule has 98 valence electrons. The van der Waals surface area contributed by atoms with E-state index < -0.39 is 0 Å². The van der Waals surface area contributed by atoms with Gasteiger partial charge in [0.25, 0.3) is 0 Å². The average molecular weight is 260 g/mol. The molecule has 5 heteroatoms. The highest BCUT2D eigenvalue weighted by atomic mass is 35.5. The summed E-state index contributed by atoms with van der Waals surface area (Å²) >= 11 is 6.20. The van der Waals surface area contributed by atoms with Crippen LogP contribution in [0.2, 0.25) is 5.02 Å². The molecule has 1 aromatic rings. The number of methoxy groups -OCH3 is 1. The summed E-state index contributed by atoms with van der Waals surface area (Å²) in [6.07, 6.45) is 2.79. The number of aromatic nitrogens is 2. The van der Waals surface area contributed by atoms with Crippen LogP contribution in [0.4, 0.5) is 0 Å². The maximum Gasteiger partial charge on any atom is 0.0847 e. The Morgan fingerprint density at radius 2 is 2.18 bits per heavy atom. The molecule has 0 saturated carbocycles. The number of aryl methyl sites for hydroxylation is 2.